The second-order valence-electron chi connectivity index (χ2n) is 5.56. The maximum absolute atomic E-state index is 8.96. The van der Waals surface area contributed by atoms with Crippen molar-refractivity contribution in [3.63, 3.8) is 0 Å². The number of aliphatic hydroxyl groups excluding tert-OH is 1. The summed E-state index contributed by atoms with van der Waals surface area (Å²) in [5.74, 6) is 0.834. The van der Waals surface area contributed by atoms with Crippen LogP contribution in [0.25, 0.3) is 0 Å². The van der Waals surface area contributed by atoms with Crippen LogP contribution >= 0.6 is 0 Å². The molecule has 3 nitrogen and oxygen atoms in total. The van der Waals surface area contributed by atoms with Crippen LogP contribution in [0.5, 0.6) is 5.75 Å². The molecule has 0 fully saturated rings. The van der Waals surface area contributed by atoms with Gasteiger partial charge in [-0.05, 0) is 24.1 Å². The smallest absolute Gasteiger partial charge is 0.123 e. The number of aryl methyl sites for hydroxylation is 1. The molecule has 0 aliphatic rings. The summed E-state index contributed by atoms with van der Waals surface area (Å²) < 4.78 is 5.64. The van der Waals surface area contributed by atoms with E-state index in [0.29, 0.717) is 6.61 Å². The van der Waals surface area contributed by atoms with E-state index in [2.05, 4.69) is 48.7 Å². The summed E-state index contributed by atoms with van der Waals surface area (Å²) in [4.78, 5) is 2.33. The molecule has 1 N–H and O–H groups in total. The molecule has 0 saturated carbocycles. The minimum atomic E-state index is 0.0217. The summed E-state index contributed by atoms with van der Waals surface area (Å²) in [5.41, 5.74) is 3.74. The maximum Gasteiger partial charge on any atom is 0.123 e. The second kappa shape index (κ2) is 9.13. The Hall–Kier alpha value is -2.10. The van der Waals surface area contributed by atoms with E-state index in [4.69, 9.17) is 9.84 Å². The number of aliphatic hydroxyl groups is 1. The van der Waals surface area contributed by atoms with Gasteiger partial charge in [0.2, 0.25) is 0 Å². The standard InChI is InChI=1S/C20H25NO2/c1-3-12-21(15-18-9-5-4-8-17(18)2)16-19-10-6-7-11-20(19)23-14-13-22/h3-11,22H,1,12-16H2,2H3. The van der Waals surface area contributed by atoms with E-state index in [-0.39, 0.29) is 6.61 Å². The van der Waals surface area contributed by atoms with Crippen molar-refractivity contribution in [1.29, 1.82) is 0 Å². The summed E-state index contributed by atoms with van der Waals surface area (Å²) in [7, 11) is 0. The van der Waals surface area contributed by atoms with Gasteiger partial charge in [-0.2, -0.15) is 0 Å². The highest BCUT2D eigenvalue weighted by atomic mass is 16.5. The monoisotopic (exact) mass is 311 g/mol. The van der Waals surface area contributed by atoms with Crippen molar-refractivity contribution < 1.29 is 9.84 Å². The molecule has 23 heavy (non-hydrogen) atoms. The predicted molar refractivity (Wildman–Crippen MR) is 94.5 cm³/mol. The number of nitrogens with zero attached hydrogens (tertiary/aromatic N) is 1. The van der Waals surface area contributed by atoms with Gasteiger partial charge >= 0.3 is 0 Å². The van der Waals surface area contributed by atoms with E-state index in [1.54, 1.807) is 0 Å². The van der Waals surface area contributed by atoms with E-state index in [1.807, 2.05) is 24.3 Å². The van der Waals surface area contributed by atoms with Crippen molar-refractivity contribution in [2.45, 2.75) is 20.0 Å². The molecule has 0 amide bonds. The third kappa shape index (κ3) is 5.23. The average molecular weight is 311 g/mol. The van der Waals surface area contributed by atoms with E-state index in [9.17, 15) is 0 Å². The number of ether oxygens (including phenoxy) is 1. The Labute approximate surface area is 138 Å². The molecule has 2 aromatic carbocycles. The van der Waals surface area contributed by atoms with Crippen molar-refractivity contribution in [3.05, 3.63) is 77.9 Å². The first-order chi connectivity index (χ1) is 11.2. The van der Waals surface area contributed by atoms with Gasteiger partial charge in [0, 0.05) is 25.2 Å². The molecule has 122 valence electrons. The van der Waals surface area contributed by atoms with Crippen molar-refractivity contribution in [2.75, 3.05) is 19.8 Å². The lowest BCUT2D eigenvalue weighted by atomic mass is 10.1. The van der Waals surface area contributed by atoms with Gasteiger partial charge < -0.3 is 9.84 Å². The molecule has 0 unspecified atom stereocenters. The molecule has 3 heteroatoms. The summed E-state index contributed by atoms with van der Waals surface area (Å²) >= 11 is 0. The molecule has 0 bridgehead atoms. The van der Waals surface area contributed by atoms with Gasteiger partial charge in [-0.3, -0.25) is 4.90 Å². The van der Waals surface area contributed by atoms with Gasteiger partial charge in [0.15, 0.2) is 0 Å². The topological polar surface area (TPSA) is 32.7 Å². The van der Waals surface area contributed by atoms with Crippen LogP contribution in [0.4, 0.5) is 0 Å². The lowest BCUT2D eigenvalue weighted by Crippen LogP contribution is -2.23. The molecule has 2 aromatic rings. The van der Waals surface area contributed by atoms with Crippen molar-refractivity contribution >= 4 is 0 Å². The third-order valence-corrected chi connectivity index (χ3v) is 3.76. The molecule has 0 saturated heterocycles. The minimum Gasteiger partial charge on any atom is -0.491 e. The van der Waals surface area contributed by atoms with Gasteiger partial charge in [0.05, 0.1) is 6.61 Å². The zero-order valence-electron chi connectivity index (χ0n) is 13.7. The first-order valence-electron chi connectivity index (χ1n) is 7.94. The average Bonchev–Trinajstić information content (AvgIpc) is 2.56. The molecule has 0 aliphatic carbocycles. The molecular weight excluding hydrogens is 286 g/mol. The first-order valence-corrected chi connectivity index (χ1v) is 7.94. The Morgan fingerprint density at radius 1 is 1.04 bits per heavy atom. The van der Waals surface area contributed by atoms with E-state index in [1.165, 1.54) is 11.1 Å². The van der Waals surface area contributed by atoms with E-state index in [0.717, 1.165) is 30.9 Å². The predicted octanol–water partition coefficient (Wildman–Crippen LogP) is 3.55. The normalized spacial score (nSPS) is 10.7. The van der Waals surface area contributed by atoms with Gasteiger partial charge in [0.25, 0.3) is 0 Å². The Kier molecular flexibility index (Phi) is 6.85. The number of benzene rings is 2. The summed E-state index contributed by atoms with van der Waals surface area (Å²) in [6, 6.07) is 16.4. The molecule has 0 radical (unpaired) electrons. The molecular formula is C20H25NO2. The Balaban J connectivity index is 2.13. The Morgan fingerprint density at radius 3 is 2.39 bits per heavy atom. The van der Waals surface area contributed by atoms with Crippen molar-refractivity contribution in [3.8, 4) is 5.75 Å². The van der Waals surface area contributed by atoms with Gasteiger partial charge in [0.1, 0.15) is 12.4 Å². The highest BCUT2D eigenvalue weighted by Crippen LogP contribution is 2.21. The van der Waals surface area contributed by atoms with Crippen LogP contribution in [0.15, 0.2) is 61.2 Å². The highest BCUT2D eigenvalue weighted by molar-refractivity contribution is 5.33. The lowest BCUT2D eigenvalue weighted by Gasteiger charge is -2.23. The zero-order chi connectivity index (χ0) is 16.5. The van der Waals surface area contributed by atoms with Crippen LogP contribution in [0.2, 0.25) is 0 Å². The number of para-hydroxylation sites is 1. The molecule has 0 aromatic heterocycles. The second-order valence-corrected chi connectivity index (χ2v) is 5.56. The molecule has 0 spiro atoms. The van der Waals surface area contributed by atoms with Crippen LogP contribution in [0.3, 0.4) is 0 Å². The van der Waals surface area contributed by atoms with Crippen LogP contribution in [0.1, 0.15) is 16.7 Å². The fraction of sp³-hybridized carbons (Fsp3) is 0.300. The largest absolute Gasteiger partial charge is 0.491 e. The van der Waals surface area contributed by atoms with Crippen molar-refractivity contribution in [2.24, 2.45) is 0 Å². The number of rotatable bonds is 9. The third-order valence-electron chi connectivity index (χ3n) is 3.76. The number of hydrogen-bond acceptors (Lipinski definition) is 3. The van der Waals surface area contributed by atoms with Gasteiger partial charge in [-0.15, -0.1) is 6.58 Å². The lowest BCUT2D eigenvalue weighted by molar-refractivity contribution is 0.197. The quantitative estimate of drug-likeness (QED) is 0.719. The van der Waals surface area contributed by atoms with Crippen LogP contribution in [-0.4, -0.2) is 29.8 Å². The molecule has 0 aliphatic heterocycles. The zero-order valence-corrected chi connectivity index (χ0v) is 13.7. The Bertz CT molecular complexity index is 625. The van der Waals surface area contributed by atoms with Gasteiger partial charge in [-0.25, -0.2) is 0 Å². The van der Waals surface area contributed by atoms with E-state index >= 15 is 0 Å². The summed E-state index contributed by atoms with van der Waals surface area (Å²) in [6.45, 7) is 8.80. The highest BCUT2D eigenvalue weighted by Gasteiger charge is 2.10. The van der Waals surface area contributed by atoms with E-state index < -0.39 is 0 Å². The summed E-state index contributed by atoms with van der Waals surface area (Å²) in [6.07, 6.45) is 1.93. The number of hydrogen-bond donors (Lipinski definition) is 1. The Morgan fingerprint density at radius 2 is 1.70 bits per heavy atom. The fourth-order valence-corrected chi connectivity index (χ4v) is 2.57. The van der Waals surface area contributed by atoms with Crippen LogP contribution in [0, 0.1) is 6.92 Å². The minimum absolute atomic E-state index is 0.0217. The first kappa shape index (κ1) is 17.3. The fourth-order valence-electron chi connectivity index (χ4n) is 2.57. The summed E-state index contributed by atoms with van der Waals surface area (Å²) in [5, 5.41) is 8.96. The van der Waals surface area contributed by atoms with Crippen LogP contribution < -0.4 is 4.74 Å². The van der Waals surface area contributed by atoms with Crippen molar-refractivity contribution in [1.82, 2.24) is 4.90 Å². The van der Waals surface area contributed by atoms with Gasteiger partial charge in [-0.1, -0.05) is 48.5 Å². The molecule has 0 heterocycles. The molecule has 2 rings (SSSR count). The van der Waals surface area contributed by atoms with Crippen LogP contribution in [-0.2, 0) is 13.1 Å². The SMILES string of the molecule is C=CCN(Cc1ccccc1C)Cc1ccccc1OCCO. The molecule has 0 atom stereocenters. The maximum atomic E-state index is 8.96.